The quantitative estimate of drug-likeness (QED) is 0.601. The van der Waals surface area contributed by atoms with E-state index in [1.165, 1.54) is 38.5 Å². The molecule has 3 atom stereocenters. The van der Waals surface area contributed by atoms with Gasteiger partial charge in [-0.3, -0.25) is 0 Å². The van der Waals surface area contributed by atoms with E-state index in [2.05, 4.69) is 13.8 Å². The monoisotopic (exact) mass is 184 g/mol. The van der Waals surface area contributed by atoms with Crippen molar-refractivity contribution in [3.63, 3.8) is 0 Å². The highest BCUT2D eigenvalue weighted by molar-refractivity contribution is 4.87. The lowest BCUT2D eigenvalue weighted by Gasteiger charge is -2.08. The molecular formula is C12H24O. The van der Waals surface area contributed by atoms with E-state index in [1.54, 1.807) is 0 Å². The third kappa shape index (κ3) is 4.12. The van der Waals surface area contributed by atoms with Gasteiger partial charge in [0.05, 0.1) is 6.10 Å². The second-order valence-electron chi connectivity index (χ2n) is 4.65. The number of unbranched alkanes of at least 4 members (excludes halogenated alkanes) is 4. The normalized spacial score (nSPS) is 28.8. The highest BCUT2D eigenvalue weighted by Crippen LogP contribution is 2.41. The largest absolute Gasteiger partial charge is 0.393 e. The molecule has 0 bridgehead atoms. The van der Waals surface area contributed by atoms with Gasteiger partial charge in [0.1, 0.15) is 0 Å². The molecule has 1 aliphatic rings. The molecule has 0 aliphatic heterocycles. The number of hydrogen-bond donors (Lipinski definition) is 1. The third-order valence-corrected chi connectivity index (χ3v) is 3.27. The zero-order valence-corrected chi connectivity index (χ0v) is 9.13. The molecule has 0 aromatic heterocycles. The Kier molecular flexibility index (Phi) is 4.79. The van der Waals surface area contributed by atoms with Crippen LogP contribution in [0, 0.1) is 11.8 Å². The van der Waals surface area contributed by atoms with Gasteiger partial charge in [0.2, 0.25) is 0 Å². The Labute approximate surface area is 82.5 Å². The topological polar surface area (TPSA) is 20.2 Å². The van der Waals surface area contributed by atoms with Crippen molar-refractivity contribution in [1.82, 2.24) is 0 Å². The van der Waals surface area contributed by atoms with Crippen molar-refractivity contribution in [3.8, 4) is 0 Å². The lowest BCUT2D eigenvalue weighted by Crippen LogP contribution is -2.09. The van der Waals surface area contributed by atoms with Crippen molar-refractivity contribution >= 4 is 0 Å². The van der Waals surface area contributed by atoms with Gasteiger partial charge in [-0.1, -0.05) is 46.0 Å². The van der Waals surface area contributed by atoms with E-state index in [1.807, 2.05) is 0 Å². The van der Waals surface area contributed by atoms with Crippen LogP contribution in [0.3, 0.4) is 0 Å². The van der Waals surface area contributed by atoms with Gasteiger partial charge in [-0.05, 0) is 24.7 Å². The molecule has 78 valence electrons. The number of aliphatic hydroxyl groups excluding tert-OH is 1. The molecule has 1 rings (SSSR count). The Bertz CT molecular complexity index is 133. The van der Waals surface area contributed by atoms with Crippen LogP contribution in [0.1, 0.15) is 58.8 Å². The maximum Gasteiger partial charge on any atom is 0.0571 e. The van der Waals surface area contributed by atoms with E-state index in [9.17, 15) is 5.11 Å². The van der Waals surface area contributed by atoms with Crippen LogP contribution in [0.25, 0.3) is 0 Å². The molecule has 3 unspecified atom stereocenters. The van der Waals surface area contributed by atoms with Gasteiger partial charge < -0.3 is 5.11 Å². The number of hydrogen-bond acceptors (Lipinski definition) is 1. The van der Waals surface area contributed by atoms with E-state index >= 15 is 0 Å². The predicted octanol–water partition coefficient (Wildman–Crippen LogP) is 3.36. The smallest absolute Gasteiger partial charge is 0.0571 e. The van der Waals surface area contributed by atoms with E-state index < -0.39 is 0 Å². The first-order chi connectivity index (χ1) is 6.25. The second-order valence-corrected chi connectivity index (χ2v) is 4.65. The van der Waals surface area contributed by atoms with Crippen molar-refractivity contribution in [3.05, 3.63) is 0 Å². The maximum absolute atomic E-state index is 9.72. The first-order valence-corrected chi connectivity index (χ1v) is 5.93. The third-order valence-electron chi connectivity index (χ3n) is 3.27. The Morgan fingerprint density at radius 3 is 2.38 bits per heavy atom. The molecular weight excluding hydrogens is 160 g/mol. The summed E-state index contributed by atoms with van der Waals surface area (Å²) >= 11 is 0. The standard InChI is InChI=1S/C12H24O/c1-3-4-5-6-7-8-12(13)11-9-10(11)2/h10-13H,3-9H2,1-2H3. The van der Waals surface area contributed by atoms with Crippen molar-refractivity contribution in [1.29, 1.82) is 0 Å². The van der Waals surface area contributed by atoms with Crippen LogP contribution in [0.2, 0.25) is 0 Å². The lowest BCUT2D eigenvalue weighted by molar-refractivity contribution is 0.133. The van der Waals surface area contributed by atoms with E-state index in [-0.39, 0.29) is 6.10 Å². The summed E-state index contributed by atoms with van der Waals surface area (Å²) in [5, 5.41) is 9.72. The average Bonchev–Trinajstić information content (AvgIpc) is 2.82. The minimum Gasteiger partial charge on any atom is -0.393 e. The zero-order valence-electron chi connectivity index (χ0n) is 9.13. The van der Waals surface area contributed by atoms with Gasteiger partial charge in [0.25, 0.3) is 0 Å². The van der Waals surface area contributed by atoms with E-state index in [0.29, 0.717) is 5.92 Å². The first-order valence-electron chi connectivity index (χ1n) is 5.93. The van der Waals surface area contributed by atoms with Crippen molar-refractivity contribution in [2.75, 3.05) is 0 Å². The summed E-state index contributed by atoms with van der Waals surface area (Å²) in [6, 6.07) is 0. The van der Waals surface area contributed by atoms with Gasteiger partial charge in [-0.2, -0.15) is 0 Å². The minimum atomic E-state index is 0.0108. The van der Waals surface area contributed by atoms with Crippen LogP contribution in [0.5, 0.6) is 0 Å². The Balaban J connectivity index is 1.87. The summed E-state index contributed by atoms with van der Waals surface area (Å²) in [6.45, 7) is 4.48. The van der Waals surface area contributed by atoms with Crippen LogP contribution in [0.4, 0.5) is 0 Å². The Hall–Kier alpha value is -0.0400. The molecule has 0 aromatic carbocycles. The highest BCUT2D eigenvalue weighted by Gasteiger charge is 2.37. The number of rotatable bonds is 7. The molecule has 1 saturated carbocycles. The fourth-order valence-corrected chi connectivity index (χ4v) is 2.06. The molecule has 1 heteroatoms. The fraction of sp³-hybridized carbons (Fsp3) is 1.00. The van der Waals surface area contributed by atoms with Crippen molar-refractivity contribution in [2.45, 2.75) is 64.9 Å². The molecule has 1 nitrogen and oxygen atoms in total. The van der Waals surface area contributed by atoms with Crippen molar-refractivity contribution in [2.24, 2.45) is 11.8 Å². The van der Waals surface area contributed by atoms with Gasteiger partial charge in [0, 0.05) is 0 Å². The van der Waals surface area contributed by atoms with Crippen LogP contribution in [-0.2, 0) is 0 Å². The molecule has 1 aliphatic carbocycles. The van der Waals surface area contributed by atoms with Crippen LogP contribution >= 0.6 is 0 Å². The summed E-state index contributed by atoms with van der Waals surface area (Å²) in [5.74, 6) is 1.44. The molecule has 0 amide bonds. The summed E-state index contributed by atoms with van der Waals surface area (Å²) in [4.78, 5) is 0. The van der Waals surface area contributed by atoms with Crippen LogP contribution in [0.15, 0.2) is 0 Å². The Morgan fingerprint density at radius 1 is 1.23 bits per heavy atom. The summed E-state index contributed by atoms with van der Waals surface area (Å²) in [7, 11) is 0. The summed E-state index contributed by atoms with van der Waals surface area (Å²) in [5.41, 5.74) is 0. The van der Waals surface area contributed by atoms with Crippen molar-refractivity contribution < 1.29 is 5.11 Å². The van der Waals surface area contributed by atoms with Gasteiger partial charge in [-0.15, -0.1) is 0 Å². The van der Waals surface area contributed by atoms with Gasteiger partial charge in [0.15, 0.2) is 0 Å². The molecule has 0 aromatic rings. The SMILES string of the molecule is CCCCCCCC(O)C1CC1C. The highest BCUT2D eigenvalue weighted by atomic mass is 16.3. The maximum atomic E-state index is 9.72. The Morgan fingerprint density at radius 2 is 1.85 bits per heavy atom. The molecule has 0 heterocycles. The lowest BCUT2D eigenvalue weighted by atomic mass is 10.0. The van der Waals surface area contributed by atoms with E-state index in [4.69, 9.17) is 0 Å². The van der Waals surface area contributed by atoms with Crippen LogP contribution in [-0.4, -0.2) is 11.2 Å². The predicted molar refractivity (Wildman–Crippen MR) is 56.7 cm³/mol. The second kappa shape index (κ2) is 5.64. The summed E-state index contributed by atoms with van der Waals surface area (Å²) in [6.07, 6.45) is 8.86. The fourth-order valence-electron chi connectivity index (χ4n) is 2.06. The number of aliphatic hydroxyl groups is 1. The molecule has 13 heavy (non-hydrogen) atoms. The average molecular weight is 184 g/mol. The van der Waals surface area contributed by atoms with Gasteiger partial charge in [-0.25, -0.2) is 0 Å². The molecule has 1 fully saturated rings. The zero-order chi connectivity index (χ0) is 9.68. The van der Waals surface area contributed by atoms with Crippen LogP contribution < -0.4 is 0 Å². The first kappa shape index (κ1) is 11.0. The summed E-state index contributed by atoms with van der Waals surface area (Å²) < 4.78 is 0. The van der Waals surface area contributed by atoms with E-state index in [0.717, 1.165) is 12.3 Å². The molecule has 0 radical (unpaired) electrons. The molecule has 0 saturated heterocycles. The van der Waals surface area contributed by atoms with Gasteiger partial charge >= 0.3 is 0 Å². The molecule has 1 N–H and O–H groups in total. The minimum absolute atomic E-state index is 0.0108. The molecule has 0 spiro atoms.